The molecule has 1 heterocycles. The van der Waals surface area contributed by atoms with E-state index in [1.54, 1.807) is 0 Å². The molecule has 1 unspecified atom stereocenters. The van der Waals surface area contributed by atoms with Gasteiger partial charge in [-0.1, -0.05) is 19.9 Å². The van der Waals surface area contributed by atoms with Gasteiger partial charge in [0.15, 0.2) is 0 Å². The van der Waals surface area contributed by atoms with Gasteiger partial charge in [0.2, 0.25) is 0 Å². The predicted octanol–water partition coefficient (Wildman–Crippen LogP) is 2.89. The van der Waals surface area contributed by atoms with Crippen molar-refractivity contribution >= 4 is 12.6 Å². The van der Waals surface area contributed by atoms with Gasteiger partial charge in [0.25, 0.3) is 0 Å². The molecule has 1 aromatic rings. The molecule has 0 amide bonds. The van der Waals surface area contributed by atoms with Crippen molar-refractivity contribution in [3.8, 4) is 0 Å². The third-order valence-corrected chi connectivity index (χ3v) is 2.74. The summed E-state index contributed by atoms with van der Waals surface area (Å²) in [6.07, 6.45) is 5.12. The van der Waals surface area contributed by atoms with Crippen molar-refractivity contribution in [2.45, 2.75) is 38.4 Å². The van der Waals surface area contributed by atoms with Crippen molar-refractivity contribution in [2.75, 3.05) is 0 Å². The third kappa shape index (κ3) is 3.39. The van der Waals surface area contributed by atoms with Gasteiger partial charge >= 0.3 is 0 Å². The van der Waals surface area contributed by atoms with E-state index < -0.39 is 0 Å². The van der Waals surface area contributed by atoms with E-state index in [-0.39, 0.29) is 0 Å². The molecular weight excluding hydrogens is 178 g/mol. The molecule has 0 N–H and O–H groups in total. The molecule has 1 nitrogen and oxygen atoms in total. The average Bonchev–Trinajstić information content (AvgIpc) is 2.19. The molecule has 0 aliphatic carbocycles. The lowest BCUT2D eigenvalue weighted by Crippen LogP contribution is -2.02. The zero-order chi connectivity index (χ0) is 9.68. The number of rotatable bonds is 4. The van der Waals surface area contributed by atoms with Crippen LogP contribution < -0.4 is 0 Å². The van der Waals surface area contributed by atoms with E-state index in [9.17, 15) is 0 Å². The zero-order valence-electron chi connectivity index (χ0n) is 8.33. The normalized spacial score (nSPS) is 12.8. The molecule has 1 rings (SSSR count). The Bertz CT molecular complexity index is 243. The van der Waals surface area contributed by atoms with Crippen molar-refractivity contribution in [1.29, 1.82) is 0 Å². The summed E-state index contributed by atoms with van der Waals surface area (Å²) in [5.74, 6) is 0. The Balaban J connectivity index is 2.58. The standard InChI is InChI=1S/C11H17NS/c1-3-10-6-5-9(8-12-10)7-11(13)4-2/h5-6,8,11,13H,3-4,7H2,1-2H3. The first-order chi connectivity index (χ1) is 6.26. The lowest BCUT2D eigenvalue weighted by atomic mass is 10.1. The molecule has 2 heteroatoms. The van der Waals surface area contributed by atoms with Crippen LogP contribution in [-0.4, -0.2) is 10.2 Å². The van der Waals surface area contributed by atoms with Crippen LogP contribution in [0.3, 0.4) is 0 Å². The van der Waals surface area contributed by atoms with Gasteiger partial charge in [-0.25, -0.2) is 0 Å². The molecular formula is C11H17NS. The first-order valence-electron chi connectivity index (χ1n) is 4.88. The van der Waals surface area contributed by atoms with Crippen LogP contribution in [0.2, 0.25) is 0 Å². The molecule has 0 bridgehead atoms. The van der Waals surface area contributed by atoms with Crippen molar-refractivity contribution in [3.05, 3.63) is 29.6 Å². The van der Waals surface area contributed by atoms with E-state index in [1.165, 1.54) is 5.56 Å². The van der Waals surface area contributed by atoms with Crippen molar-refractivity contribution < 1.29 is 0 Å². The Hall–Kier alpha value is -0.500. The first-order valence-corrected chi connectivity index (χ1v) is 5.39. The second-order valence-corrected chi connectivity index (χ2v) is 4.01. The highest BCUT2D eigenvalue weighted by atomic mass is 32.1. The van der Waals surface area contributed by atoms with Crippen LogP contribution in [0, 0.1) is 0 Å². The maximum atomic E-state index is 4.46. The van der Waals surface area contributed by atoms with Crippen LogP contribution in [0.25, 0.3) is 0 Å². The Morgan fingerprint density at radius 3 is 2.62 bits per heavy atom. The smallest absolute Gasteiger partial charge is 0.0401 e. The lowest BCUT2D eigenvalue weighted by molar-refractivity contribution is 0.816. The first kappa shape index (κ1) is 10.6. The maximum Gasteiger partial charge on any atom is 0.0401 e. The number of thiol groups is 1. The largest absolute Gasteiger partial charge is 0.261 e. The van der Waals surface area contributed by atoms with Gasteiger partial charge < -0.3 is 0 Å². The maximum absolute atomic E-state index is 4.46. The topological polar surface area (TPSA) is 12.9 Å². The molecule has 0 fully saturated rings. The van der Waals surface area contributed by atoms with Gasteiger partial charge in [0.05, 0.1) is 0 Å². The van der Waals surface area contributed by atoms with Gasteiger partial charge in [-0.05, 0) is 30.9 Å². The van der Waals surface area contributed by atoms with E-state index >= 15 is 0 Å². The summed E-state index contributed by atoms with van der Waals surface area (Å²) in [4.78, 5) is 4.35. The molecule has 1 atom stereocenters. The third-order valence-electron chi connectivity index (χ3n) is 2.19. The molecule has 0 radical (unpaired) electrons. The Morgan fingerprint density at radius 2 is 2.15 bits per heavy atom. The van der Waals surface area contributed by atoms with Crippen LogP contribution in [0.4, 0.5) is 0 Å². The molecule has 0 aliphatic rings. The van der Waals surface area contributed by atoms with Gasteiger partial charge in [-0.3, -0.25) is 4.98 Å². The van der Waals surface area contributed by atoms with Crippen molar-refractivity contribution in [2.24, 2.45) is 0 Å². The summed E-state index contributed by atoms with van der Waals surface area (Å²) in [6, 6.07) is 4.26. The fraction of sp³-hybridized carbons (Fsp3) is 0.545. The molecule has 0 saturated carbocycles. The quantitative estimate of drug-likeness (QED) is 0.729. The zero-order valence-corrected chi connectivity index (χ0v) is 9.22. The SMILES string of the molecule is CCc1ccc(CC(S)CC)cn1. The second kappa shape index (κ2) is 5.28. The molecule has 0 spiro atoms. The van der Waals surface area contributed by atoms with Crippen LogP contribution in [0.15, 0.2) is 18.3 Å². The summed E-state index contributed by atoms with van der Waals surface area (Å²) in [5.41, 5.74) is 2.45. The highest BCUT2D eigenvalue weighted by Crippen LogP contribution is 2.10. The number of aromatic nitrogens is 1. The predicted molar refractivity (Wildman–Crippen MR) is 60.4 cm³/mol. The van der Waals surface area contributed by atoms with E-state index in [0.717, 1.165) is 25.0 Å². The number of hydrogen-bond donors (Lipinski definition) is 1. The minimum Gasteiger partial charge on any atom is -0.261 e. The number of aryl methyl sites for hydroxylation is 1. The minimum atomic E-state index is 0.467. The van der Waals surface area contributed by atoms with E-state index in [4.69, 9.17) is 0 Å². The summed E-state index contributed by atoms with van der Waals surface area (Å²) in [7, 11) is 0. The molecule has 0 aromatic carbocycles. The van der Waals surface area contributed by atoms with Gasteiger partial charge in [0.1, 0.15) is 0 Å². The lowest BCUT2D eigenvalue weighted by Gasteiger charge is -2.07. The van der Waals surface area contributed by atoms with Crippen LogP contribution >= 0.6 is 12.6 Å². The second-order valence-electron chi connectivity index (χ2n) is 3.28. The fourth-order valence-corrected chi connectivity index (χ4v) is 1.41. The Kier molecular flexibility index (Phi) is 4.29. The Labute approximate surface area is 86.0 Å². The van der Waals surface area contributed by atoms with E-state index in [2.05, 4.69) is 43.6 Å². The summed E-state index contributed by atoms with van der Waals surface area (Å²) in [6.45, 7) is 4.28. The highest BCUT2D eigenvalue weighted by molar-refractivity contribution is 7.80. The van der Waals surface area contributed by atoms with Gasteiger partial charge in [0, 0.05) is 17.1 Å². The van der Waals surface area contributed by atoms with Gasteiger partial charge in [-0.2, -0.15) is 12.6 Å². The minimum absolute atomic E-state index is 0.467. The molecule has 0 aliphatic heterocycles. The molecule has 72 valence electrons. The Morgan fingerprint density at radius 1 is 1.38 bits per heavy atom. The summed E-state index contributed by atoms with van der Waals surface area (Å²) < 4.78 is 0. The van der Waals surface area contributed by atoms with Crippen LogP contribution in [0.1, 0.15) is 31.5 Å². The number of hydrogen-bond acceptors (Lipinski definition) is 2. The number of pyridine rings is 1. The van der Waals surface area contributed by atoms with Crippen LogP contribution in [0.5, 0.6) is 0 Å². The van der Waals surface area contributed by atoms with E-state index in [1.807, 2.05) is 6.20 Å². The highest BCUT2D eigenvalue weighted by Gasteiger charge is 2.01. The molecule has 13 heavy (non-hydrogen) atoms. The monoisotopic (exact) mass is 195 g/mol. The summed E-state index contributed by atoms with van der Waals surface area (Å²) >= 11 is 4.46. The fourth-order valence-electron chi connectivity index (χ4n) is 1.20. The van der Waals surface area contributed by atoms with Crippen LogP contribution in [-0.2, 0) is 12.8 Å². The number of nitrogens with zero attached hydrogens (tertiary/aromatic N) is 1. The molecule has 1 aromatic heterocycles. The van der Waals surface area contributed by atoms with Crippen molar-refractivity contribution in [3.63, 3.8) is 0 Å². The van der Waals surface area contributed by atoms with E-state index in [0.29, 0.717) is 5.25 Å². The summed E-state index contributed by atoms with van der Waals surface area (Å²) in [5, 5.41) is 0.467. The average molecular weight is 195 g/mol. The molecule has 0 saturated heterocycles. The van der Waals surface area contributed by atoms with Gasteiger partial charge in [-0.15, -0.1) is 0 Å². The van der Waals surface area contributed by atoms with Crippen molar-refractivity contribution in [1.82, 2.24) is 4.98 Å².